The highest BCUT2D eigenvalue weighted by Crippen LogP contribution is 2.24. The van der Waals surface area contributed by atoms with Gasteiger partial charge in [0.2, 0.25) is 0 Å². The van der Waals surface area contributed by atoms with Gasteiger partial charge in [-0.3, -0.25) is 14.9 Å². The first kappa shape index (κ1) is 15.3. The number of nitrogens with one attached hydrogen (secondary N) is 1. The van der Waals surface area contributed by atoms with E-state index in [2.05, 4.69) is 5.32 Å². The van der Waals surface area contributed by atoms with E-state index in [1.165, 1.54) is 18.2 Å². The number of thioether (sulfide) groups is 1. The molecular formula is C12H17N3O3S. The predicted molar refractivity (Wildman–Crippen MR) is 77.4 cm³/mol. The van der Waals surface area contributed by atoms with Crippen LogP contribution in [0.2, 0.25) is 0 Å². The van der Waals surface area contributed by atoms with Gasteiger partial charge in [-0.05, 0) is 18.7 Å². The number of carbonyl (C=O) groups excluding carboxylic acids is 1. The van der Waals surface area contributed by atoms with Gasteiger partial charge in [0, 0.05) is 17.9 Å². The number of hydrogen-bond acceptors (Lipinski definition) is 5. The number of nitro benzene ring substituents is 1. The number of rotatable bonds is 6. The van der Waals surface area contributed by atoms with Crippen LogP contribution < -0.4 is 11.1 Å². The van der Waals surface area contributed by atoms with Crippen LogP contribution in [0.1, 0.15) is 24.2 Å². The van der Waals surface area contributed by atoms with E-state index in [1.54, 1.807) is 11.8 Å². The molecule has 0 heterocycles. The van der Waals surface area contributed by atoms with Crippen LogP contribution in [0.3, 0.4) is 0 Å². The van der Waals surface area contributed by atoms with Crippen molar-refractivity contribution < 1.29 is 9.72 Å². The molecule has 0 bridgehead atoms. The van der Waals surface area contributed by atoms with E-state index >= 15 is 0 Å². The SMILES string of the molecule is CCSCC(C)NC(=O)c1cccc([N+](=O)[O-])c1N. The fourth-order valence-corrected chi connectivity index (χ4v) is 2.22. The molecule has 1 atom stereocenters. The third kappa shape index (κ3) is 4.13. The molecule has 19 heavy (non-hydrogen) atoms. The van der Waals surface area contributed by atoms with Crippen LogP contribution in [0.5, 0.6) is 0 Å². The second-order valence-electron chi connectivity index (χ2n) is 4.03. The molecule has 7 heteroatoms. The quantitative estimate of drug-likeness (QED) is 0.473. The fourth-order valence-electron chi connectivity index (χ4n) is 1.55. The number of nitro groups is 1. The third-order valence-corrected chi connectivity index (χ3v) is 3.62. The Labute approximate surface area is 115 Å². The Morgan fingerprint density at radius 2 is 2.26 bits per heavy atom. The molecular weight excluding hydrogens is 266 g/mol. The molecule has 0 aromatic heterocycles. The maximum atomic E-state index is 12.0. The molecule has 0 radical (unpaired) electrons. The smallest absolute Gasteiger partial charge is 0.292 e. The fraction of sp³-hybridized carbons (Fsp3) is 0.417. The van der Waals surface area contributed by atoms with Gasteiger partial charge in [-0.2, -0.15) is 11.8 Å². The molecule has 0 aliphatic heterocycles. The molecule has 1 aromatic rings. The summed E-state index contributed by atoms with van der Waals surface area (Å²) in [6, 6.07) is 4.20. The minimum Gasteiger partial charge on any atom is -0.393 e. The Morgan fingerprint density at radius 1 is 1.58 bits per heavy atom. The number of amides is 1. The summed E-state index contributed by atoms with van der Waals surface area (Å²) in [7, 11) is 0. The number of benzene rings is 1. The predicted octanol–water partition coefficient (Wildman–Crippen LogP) is 2.05. The van der Waals surface area contributed by atoms with E-state index in [4.69, 9.17) is 5.73 Å². The van der Waals surface area contributed by atoms with Crippen molar-refractivity contribution in [2.75, 3.05) is 17.2 Å². The van der Waals surface area contributed by atoms with Crippen molar-refractivity contribution in [2.24, 2.45) is 0 Å². The van der Waals surface area contributed by atoms with Crippen LogP contribution in [-0.2, 0) is 0 Å². The Balaban J connectivity index is 2.83. The average molecular weight is 283 g/mol. The third-order valence-electron chi connectivity index (χ3n) is 2.47. The molecule has 0 saturated carbocycles. The summed E-state index contributed by atoms with van der Waals surface area (Å²) in [5.74, 6) is 1.38. The number of hydrogen-bond donors (Lipinski definition) is 2. The minimum atomic E-state index is -0.595. The number of nitrogen functional groups attached to an aromatic ring is 1. The van der Waals surface area contributed by atoms with Gasteiger partial charge in [-0.15, -0.1) is 0 Å². The van der Waals surface area contributed by atoms with Gasteiger partial charge in [-0.1, -0.05) is 13.0 Å². The Morgan fingerprint density at radius 3 is 2.84 bits per heavy atom. The van der Waals surface area contributed by atoms with Crippen LogP contribution >= 0.6 is 11.8 Å². The van der Waals surface area contributed by atoms with Crippen molar-refractivity contribution in [3.05, 3.63) is 33.9 Å². The van der Waals surface area contributed by atoms with Crippen LogP contribution in [0.4, 0.5) is 11.4 Å². The lowest BCUT2D eigenvalue weighted by molar-refractivity contribution is -0.383. The number of nitrogens with two attached hydrogens (primary N) is 1. The summed E-state index contributed by atoms with van der Waals surface area (Å²) in [4.78, 5) is 22.1. The topological polar surface area (TPSA) is 98.3 Å². The molecule has 0 saturated heterocycles. The first-order valence-corrected chi connectivity index (χ1v) is 7.04. The molecule has 0 aliphatic rings. The van der Waals surface area contributed by atoms with Crippen LogP contribution in [0, 0.1) is 10.1 Å². The summed E-state index contributed by atoms with van der Waals surface area (Å²) in [6.45, 7) is 3.92. The monoisotopic (exact) mass is 283 g/mol. The molecule has 1 aromatic carbocycles. The zero-order chi connectivity index (χ0) is 14.4. The molecule has 1 unspecified atom stereocenters. The van der Waals surface area contributed by atoms with Gasteiger partial charge in [0.1, 0.15) is 5.69 Å². The summed E-state index contributed by atoms with van der Waals surface area (Å²) < 4.78 is 0. The Bertz CT molecular complexity index is 479. The first-order valence-electron chi connectivity index (χ1n) is 5.88. The Kier molecular flexibility index (Phi) is 5.62. The first-order chi connectivity index (χ1) is 8.97. The van der Waals surface area contributed by atoms with E-state index < -0.39 is 4.92 Å². The summed E-state index contributed by atoms with van der Waals surface area (Å²) >= 11 is 1.71. The van der Waals surface area contributed by atoms with E-state index in [0.29, 0.717) is 0 Å². The van der Waals surface area contributed by atoms with Crippen molar-refractivity contribution >= 4 is 29.0 Å². The summed E-state index contributed by atoms with van der Waals surface area (Å²) in [5.41, 5.74) is 5.45. The van der Waals surface area contributed by atoms with Crippen LogP contribution in [0.25, 0.3) is 0 Å². The van der Waals surface area contributed by atoms with Gasteiger partial charge in [0.05, 0.1) is 10.5 Å². The Hall–Kier alpha value is -1.76. The maximum absolute atomic E-state index is 12.0. The highest BCUT2D eigenvalue weighted by molar-refractivity contribution is 7.99. The van der Waals surface area contributed by atoms with Gasteiger partial charge in [0.15, 0.2) is 0 Å². The molecule has 0 spiro atoms. The van der Waals surface area contributed by atoms with E-state index in [9.17, 15) is 14.9 Å². The molecule has 0 fully saturated rings. The molecule has 1 rings (SSSR count). The summed E-state index contributed by atoms with van der Waals surface area (Å²) in [6.07, 6.45) is 0. The van der Waals surface area contributed by atoms with E-state index in [-0.39, 0.29) is 28.9 Å². The van der Waals surface area contributed by atoms with Crippen molar-refractivity contribution in [3.63, 3.8) is 0 Å². The number of para-hydroxylation sites is 1. The summed E-state index contributed by atoms with van der Waals surface area (Å²) in [5, 5.41) is 13.5. The van der Waals surface area contributed by atoms with Crippen molar-refractivity contribution in [3.8, 4) is 0 Å². The standard InChI is InChI=1S/C12H17N3O3S/c1-3-19-7-8(2)14-12(16)9-5-4-6-10(11(9)13)15(17)18/h4-6,8H,3,7,13H2,1-2H3,(H,14,16). The van der Waals surface area contributed by atoms with Crippen molar-refractivity contribution in [1.82, 2.24) is 5.32 Å². The van der Waals surface area contributed by atoms with E-state index in [0.717, 1.165) is 11.5 Å². The highest BCUT2D eigenvalue weighted by atomic mass is 32.2. The van der Waals surface area contributed by atoms with Crippen LogP contribution in [0.15, 0.2) is 18.2 Å². The lowest BCUT2D eigenvalue weighted by atomic mass is 10.1. The van der Waals surface area contributed by atoms with Crippen LogP contribution in [-0.4, -0.2) is 28.4 Å². The largest absolute Gasteiger partial charge is 0.393 e. The number of nitrogens with zero attached hydrogens (tertiary/aromatic N) is 1. The lowest BCUT2D eigenvalue weighted by Crippen LogP contribution is -2.34. The maximum Gasteiger partial charge on any atom is 0.292 e. The van der Waals surface area contributed by atoms with E-state index in [1.807, 2.05) is 13.8 Å². The van der Waals surface area contributed by atoms with Gasteiger partial charge in [-0.25, -0.2) is 0 Å². The molecule has 1 amide bonds. The molecule has 0 aliphatic carbocycles. The minimum absolute atomic E-state index is 0.0175. The van der Waals surface area contributed by atoms with Gasteiger partial charge >= 0.3 is 0 Å². The second-order valence-corrected chi connectivity index (χ2v) is 5.35. The van der Waals surface area contributed by atoms with Gasteiger partial charge in [0.25, 0.3) is 11.6 Å². The molecule has 3 N–H and O–H groups in total. The number of carbonyl (C=O) groups is 1. The zero-order valence-electron chi connectivity index (χ0n) is 10.9. The highest BCUT2D eigenvalue weighted by Gasteiger charge is 2.19. The molecule has 104 valence electrons. The second kappa shape index (κ2) is 6.98. The average Bonchev–Trinajstić information content (AvgIpc) is 2.36. The van der Waals surface area contributed by atoms with Crippen molar-refractivity contribution in [1.29, 1.82) is 0 Å². The zero-order valence-corrected chi connectivity index (χ0v) is 11.7. The normalized spacial score (nSPS) is 11.9. The lowest BCUT2D eigenvalue weighted by Gasteiger charge is -2.14. The number of anilines is 1. The van der Waals surface area contributed by atoms with Crippen molar-refractivity contribution in [2.45, 2.75) is 19.9 Å². The molecule has 6 nitrogen and oxygen atoms in total. The van der Waals surface area contributed by atoms with Gasteiger partial charge < -0.3 is 11.1 Å².